The molecule has 0 aliphatic carbocycles. The third kappa shape index (κ3) is 3.17. The zero-order valence-corrected chi connectivity index (χ0v) is 12.0. The lowest BCUT2D eigenvalue weighted by Gasteiger charge is -2.05. The number of hydrogen-bond donors (Lipinski definition) is 1. The molecule has 0 radical (unpaired) electrons. The summed E-state index contributed by atoms with van der Waals surface area (Å²) in [4.78, 5) is 5.54. The van der Waals surface area contributed by atoms with Crippen molar-refractivity contribution < 1.29 is 0 Å². The fourth-order valence-electron chi connectivity index (χ4n) is 1.90. The average molecular weight is 264 g/mol. The minimum atomic E-state index is 0.859. The first-order chi connectivity index (χ1) is 8.72. The molecule has 18 heavy (non-hydrogen) atoms. The first-order valence-electron chi connectivity index (χ1n) is 6.40. The highest BCUT2D eigenvalue weighted by Crippen LogP contribution is 2.11. The van der Waals surface area contributed by atoms with Crippen LogP contribution in [0.25, 0.3) is 0 Å². The first-order valence-corrected chi connectivity index (χ1v) is 7.22. The quantitative estimate of drug-likeness (QED) is 0.872. The molecule has 0 saturated heterocycles. The van der Waals surface area contributed by atoms with E-state index in [9.17, 15) is 0 Å². The van der Waals surface area contributed by atoms with Crippen molar-refractivity contribution in [2.24, 2.45) is 0 Å². The number of nitrogens with one attached hydrogen (secondary N) is 1. The molecule has 5 heteroatoms. The fraction of sp³-hybridized carbons (Fsp3) is 0.538. The molecule has 2 rings (SSSR count). The van der Waals surface area contributed by atoms with Crippen molar-refractivity contribution in [3.63, 3.8) is 0 Å². The van der Waals surface area contributed by atoms with Gasteiger partial charge in [-0.2, -0.15) is 5.10 Å². The van der Waals surface area contributed by atoms with E-state index in [1.54, 1.807) is 11.3 Å². The second kappa shape index (κ2) is 6.11. The van der Waals surface area contributed by atoms with Crippen LogP contribution in [0.5, 0.6) is 0 Å². The second-order valence-corrected chi connectivity index (χ2v) is 5.56. The molecule has 0 unspecified atom stereocenters. The zero-order chi connectivity index (χ0) is 13.0. The van der Waals surface area contributed by atoms with Crippen LogP contribution in [0.15, 0.2) is 12.3 Å². The molecule has 0 atom stereocenters. The monoisotopic (exact) mass is 264 g/mol. The van der Waals surface area contributed by atoms with Crippen molar-refractivity contribution in [1.29, 1.82) is 0 Å². The molecular formula is C13H20N4S. The van der Waals surface area contributed by atoms with E-state index in [1.165, 1.54) is 16.3 Å². The summed E-state index contributed by atoms with van der Waals surface area (Å²) in [6, 6.07) is 2.19. The van der Waals surface area contributed by atoms with Gasteiger partial charge in [0.1, 0.15) is 0 Å². The fourth-order valence-corrected chi connectivity index (χ4v) is 2.67. The molecule has 0 amide bonds. The maximum absolute atomic E-state index is 4.54. The smallest absolute Gasteiger partial charge is 0.0897 e. The van der Waals surface area contributed by atoms with Gasteiger partial charge in [0.15, 0.2) is 0 Å². The Labute approximate surface area is 112 Å². The van der Waals surface area contributed by atoms with Gasteiger partial charge in [-0.25, -0.2) is 4.98 Å². The summed E-state index contributed by atoms with van der Waals surface area (Å²) >= 11 is 1.75. The molecular weight excluding hydrogens is 244 g/mol. The Morgan fingerprint density at radius 3 is 2.78 bits per heavy atom. The summed E-state index contributed by atoms with van der Waals surface area (Å²) in [7, 11) is 0. The predicted molar refractivity (Wildman–Crippen MR) is 74.7 cm³/mol. The lowest BCUT2D eigenvalue weighted by molar-refractivity contribution is 0.579. The predicted octanol–water partition coefficient (Wildman–Crippen LogP) is 2.52. The average Bonchev–Trinajstić information content (AvgIpc) is 2.95. The molecule has 0 saturated carbocycles. The van der Waals surface area contributed by atoms with Crippen molar-refractivity contribution >= 4 is 11.3 Å². The molecule has 2 aromatic heterocycles. The van der Waals surface area contributed by atoms with Crippen molar-refractivity contribution in [3.8, 4) is 0 Å². The molecule has 0 aliphatic rings. The number of thiazole rings is 1. The Morgan fingerprint density at radius 1 is 1.33 bits per heavy atom. The minimum Gasteiger partial charge on any atom is -0.306 e. The summed E-state index contributed by atoms with van der Waals surface area (Å²) in [6.45, 7) is 8.96. The van der Waals surface area contributed by atoms with Crippen LogP contribution in [-0.2, 0) is 26.1 Å². The summed E-state index contributed by atoms with van der Waals surface area (Å²) in [5, 5.41) is 9.12. The summed E-state index contributed by atoms with van der Waals surface area (Å²) in [6.07, 6.45) is 2.94. The van der Waals surface area contributed by atoms with Crippen molar-refractivity contribution in [1.82, 2.24) is 20.1 Å². The van der Waals surface area contributed by atoms with Gasteiger partial charge >= 0.3 is 0 Å². The zero-order valence-electron chi connectivity index (χ0n) is 11.2. The van der Waals surface area contributed by atoms with E-state index in [1.807, 2.05) is 13.1 Å². The van der Waals surface area contributed by atoms with Gasteiger partial charge in [0.2, 0.25) is 0 Å². The molecule has 1 N–H and O–H groups in total. The third-order valence-electron chi connectivity index (χ3n) is 2.85. The van der Waals surface area contributed by atoms with Crippen LogP contribution in [0.1, 0.15) is 35.1 Å². The van der Waals surface area contributed by atoms with E-state index in [0.717, 1.165) is 31.1 Å². The van der Waals surface area contributed by atoms with Crippen LogP contribution >= 0.6 is 11.3 Å². The Hall–Kier alpha value is -1.20. The Bertz CT molecular complexity index is 501. The lowest BCUT2D eigenvalue weighted by atomic mass is 10.3. The van der Waals surface area contributed by atoms with Crippen LogP contribution in [0, 0.1) is 6.92 Å². The Balaban J connectivity index is 1.91. The van der Waals surface area contributed by atoms with Gasteiger partial charge in [-0.15, -0.1) is 11.3 Å². The molecule has 0 aliphatic heterocycles. The number of nitrogens with zero attached hydrogens (tertiary/aromatic N) is 3. The van der Waals surface area contributed by atoms with Gasteiger partial charge in [-0.3, -0.25) is 4.68 Å². The van der Waals surface area contributed by atoms with Gasteiger partial charge in [-0.05, 0) is 26.3 Å². The van der Waals surface area contributed by atoms with Crippen LogP contribution < -0.4 is 5.32 Å². The highest BCUT2D eigenvalue weighted by Gasteiger charge is 2.05. The molecule has 2 heterocycles. The SMILES string of the molecule is CCc1cc(CNCc2cnc(C)s2)n(CC)n1. The van der Waals surface area contributed by atoms with E-state index in [4.69, 9.17) is 0 Å². The van der Waals surface area contributed by atoms with Gasteiger partial charge in [0.05, 0.1) is 16.4 Å². The molecule has 2 aromatic rings. The molecule has 0 fully saturated rings. The van der Waals surface area contributed by atoms with E-state index >= 15 is 0 Å². The van der Waals surface area contributed by atoms with Crippen molar-refractivity contribution in [3.05, 3.63) is 33.5 Å². The maximum atomic E-state index is 4.54. The topological polar surface area (TPSA) is 42.7 Å². The van der Waals surface area contributed by atoms with Gasteiger partial charge in [0.25, 0.3) is 0 Å². The van der Waals surface area contributed by atoms with E-state index in [0.29, 0.717) is 0 Å². The molecule has 4 nitrogen and oxygen atoms in total. The number of aromatic nitrogens is 3. The standard InChI is InChI=1S/C13H20N4S/c1-4-11-6-12(17(5-2)16-11)7-14-8-13-9-15-10(3)18-13/h6,9,14H,4-5,7-8H2,1-3H3. The van der Waals surface area contributed by atoms with Crippen LogP contribution in [0.2, 0.25) is 0 Å². The molecule has 0 bridgehead atoms. The Morgan fingerprint density at radius 2 is 2.17 bits per heavy atom. The number of hydrogen-bond acceptors (Lipinski definition) is 4. The highest BCUT2D eigenvalue weighted by atomic mass is 32.1. The number of aryl methyl sites for hydroxylation is 3. The van der Waals surface area contributed by atoms with E-state index in [2.05, 4.69) is 40.0 Å². The lowest BCUT2D eigenvalue weighted by Crippen LogP contribution is -2.15. The normalized spacial score (nSPS) is 11.1. The van der Waals surface area contributed by atoms with Crippen molar-refractivity contribution in [2.75, 3.05) is 0 Å². The van der Waals surface area contributed by atoms with E-state index < -0.39 is 0 Å². The van der Waals surface area contributed by atoms with Crippen LogP contribution in [0.3, 0.4) is 0 Å². The largest absolute Gasteiger partial charge is 0.306 e. The van der Waals surface area contributed by atoms with Crippen molar-refractivity contribution in [2.45, 2.75) is 46.8 Å². The molecule has 0 aromatic carbocycles. The highest BCUT2D eigenvalue weighted by molar-refractivity contribution is 7.11. The maximum Gasteiger partial charge on any atom is 0.0897 e. The Kier molecular flexibility index (Phi) is 4.49. The minimum absolute atomic E-state index is 0.859. The third-order valence-corrected chi connectivity index (χ3v) is 3.76. The van der Waals surface area contributed by atoms with Crippen LogP contribution in [-0.4, -0.2) is 14.8 Å². The summed E-state index contributed by atoms with van der Waals surface area (Å²) < 4.78 is 2.07. The first kappa shape index (κ1) is 13.2. The number of rotatable bonds is 6. The molecule has 98 valence electrons. The van der Waals surface area contributed by atoms with Gasteiger partial charge < -0.3 is 5.32 Å². The second-order valence-electron chi connectivity index (χ2n) is 4.25. The van der Waals surface area contributed by atoms with Gasteiger partial charge in [-0.1, -0.05) is 6.92 Å². The summed E-state index contributed by atoms with van der Waals surface area (Å²) in [5.41, 5.74) is 2.43. The van der Waals surface area contributed by atoms with Crippen LogP contribution in [0.4, 0.5) is 0 Å². The van der Waals surface area contributed by atoms with E-state index in [-0.39, 0.29) is 0 Å². The van der Waals surface area contributed by atoms with Gasteiger partial charge in [0, 0.05) is 30.7 Å². The molecule has 0 spiro atoms. The summed E-state index contributed by atoms with van der Waals surface area (Å²) in [5.74, 6) is 0.